The molecule has 0 aromatic heterocycles. The molecule has 1 aromatic rings. The van der Waals surface area contributed by atoms with Gasteiger partial charge in [0, 0.05) is 30.8 Å². The van der Waals surface area contributed by atoms with E-state index in [1.807, 2.05) is 0 Å². The average Bonchev–Trinajstić information content (AvgIpc) is 2.34. The molecule has 0 aliphatic heterocycles. The zero-order chi connectivity index (χ0) is 16.4. The van der Waals surface area contributed by atoms with E-state index in [4.69, 9.17) is 15.4 Å². The van der Waals surface area contributed by atoms with Gasteiger partial charge >= 0.3 is 0 Å². The molecule has 0 fully saturated rings. The fourth-order valence-electron chi connectivity index (χ4n) is 1.24. The van der Waals surface area contributed by atoms with Gasteiger partial charge in [0.05, 0.1) is 11.0 Å². The third-order valence-corrected chi connectivity index (χ3v) is 3.63. The summed E-state index contributed by atoms with van der Waals surface area (Å²) in [6, 6.07) is 1.03. The Morgan fingerprint density at radius 3 is 2.48 bits per heavy atom. The molecule has 0 aliphatic rings. The molecule has 11 heteroatoms. The molecule has 1 rings (SSSR count). The van der Waals surface area contributed by atoms with Gasteiger partial charge in [0.2, 0.25) is 0 Å². The molecular weight excluding hydrogens is 331 g/mol. The number of halogens is 2. The van der Waals surface area contributed by atoms with E-state index in [0.717, 1.165) is 4.90 Å². The molecule has 0 atom stereocenters. The molecule has 0 spiro atoms. The second-order valence-corrected chi connectivity index (χ2v) is 6.56. The Labute approximate surface area is 123 Å². The van der Waals surface area contributed by atoms with Gasteiger partial charge < -0.3 is 9.64 Å². The molecule has 21 heavy (non-hydrogen) atoms. The molecular formula is C10H10ClFN2O6S. The van der Waals surface area contributed by atoms with E-state index < -0.39 is 48.6 Å². The smallest absolute Gasteiger partial charge is 0.273 e. The summed E-state index contributed by atoms with van der Waals surface area (Å²) in [6.45, 7) is -0.652. The Kier molecular flexibility index (Phi) is 5.07. The average molecular weight is 341 g/mol. The van der Waals surface area contributed by atoms with Crippen molar-refractivity contribution in [3.63, 3.8) is 0 Å². The van der Waals surface area contributed by atoms with Crippen LogP contribution in [0.2, 0.25) is 0 Å². The van der Waals surface area contributed by atoms with E-state index in [9.17, 15) is 27.7 Å². The first-order chi connectivity index (χ1) is 9.54. The Bertz CT molecular complexity index is 691. The van der Waals surface area contributed by atoms with Crippen molar-refractivity contribution in [3.05, 3.63) is 28.1 Å². The van der Waals surface area contributed by atoms with E-state index in [2.05, 4.69) is 0 Å². The number of likely N-dealkylation sites (N-methyl/N-ethyl adjacent to an activating group) is 1. The predicted molar refractivity (Wildman–Crippen MR) is 70.3 cm³/mol. The van der Waals surface area contributed by atoms with Gasteiger partial charge in [-0.25, -0.2) is 12.8 Å². The fourth-order valence-corrected chi connectivity index (χ4v) is 2.23. The van der Waals surface area contributed by atoms with E-state index in [1.165, 1.54) is 14.1 Å². The first-order valence-corrected chi connectivity index (χ1v) is 7.60. The van der Waals surface area contributed by atoms with Gasteiger partial charge in [0.1, 0.15) is 4.90 Å². The topological polar surface area (TPSA) is 107 Å². The number of benzene rings is 1. The Morgan fingerprint density at radius 2 is 2.05 bits per heavy atom. The molecule has 0 saturated carbocycles. The molecule has 8 nitrogen and oxygen atoms in total. The quantitative estimate of drug-likeness (QED) is 0.452. The predicted octanol–water partition coefficient (Wildman–Crippen LogP) is 1.13. The van der Waals surface area contributed by atoms with Crippen LogP contribution in [0, 0.1) is 15.9 Å². The second kappa shape index (κ2) is 6.22. The minimum atomic E-state index is -4.50. The van der Waals surface area contributed by atoms with Crippen LogP contribution in [0.4, 0.5) is 10.1 Å². The van der Waals surface area contributed by atoms with Crippen LogP contribution in [0.25, 0.3) is 0 Å². The van der Waals surface area contributed by atoms with Gasteiger partial charge in [-0.2, -0.15) is 0 Å². The van der Waals surface area contributed by atoms with E-state index in [1.54, 1.807) is 0 Å². The number of amides is 1. The van der Waals surface area contributed by atoms with Crippen LogP contribution in [-0.4, -0.2) is 44.9 Å². The number of hydrogen-bond donors (Lipinski definition) is 0. The molecule has 0 bridgehead atoms. The number of non-ortho nitro benzene ring substituents is 1. The second-order valence-electron chi connectivity index (χ2n) is 4.03. The zero-order valence-electron chi connectivity index (χ0n) is 10.9. The van der Waals surface area contributed by atoms with Gasteiger partial charge in [0.25, 0.3) is 20.6 Å². The van der Waals surface area contributed by atoms with Crippen molar-refractivity contribution < 1.29 is 27.3 Å². The van der Waals surface area contributed by atoms with Crippen LogP contribution >= 0.6 is 10.7 Å². The van der Waals surface area contributed by atoms with Crippen LogP contribution < -0.4 is 4.74 Å². The minimum Gasteiger partial charge on any atom is -0.479 e. The van der Waals surface area contributed by atoms with Crippen molar-refractivity contribution in [1.29, 1.82) is 0 Å². The fraction of sp³-hybridized carbons (Fsp3) is 0.300. The number of nitro benzene ring substituents is 1. The summed E-state index contributed by atoms with van der Waals surface area (Å²) in [5, 5.41) is 10.6. The first-order valence-electron chi connectivity index (χ1n) is 5.29. The van der Waals surface area contributed by atoms with Crippen LogP contribution in [0.5, 0.6) is 5.75 Å². The number of nitrogens with zero attached hydrogens (tertiary/aromatic N) is 2. The van der Waals surface area contributed by atoms with Crippen LogP contribution in [-0.2, 0) is 13.8 Å². The number of carbonyl (C=O) groups excluding carboxylic acids is 1. The third kappa shape index (κ3) is 4.26. The Morgan fingerprint density at radius 1 is 1.48 bits per heavy atom. The highest BCUT2D eigenvalue weighted by molar-refractivity contribution is 8.13. The molecule has 0 N–H and O–H groups in total. The van der Waals surface area contributed by atoms with Gasteiger partial charge in [0.15, 0.2) is 18.2 Å². The molecule has 0 saturated heterocycles. The Hall–Kier alpha value is -1.94. The van der Waals surface area contributed by atoms with Crippen molar-refractivity contribution in [2.24, 2.45) is 0 Å². The van der Waals surface area contributed by atoms with Crippen molar-refractivity contribution in [3.8, 4) is 5.75 Å². The highest BCUT2D eigenvalue weighted by atomic mass is 35.7. The molecule has 1 aromatic carbocycles. The lowest BCUT2D eigenvalue weighted by atomic mass is 10.3. The van der Waals surface area contributed by atoms with E-state index in [0.29, 0.717) is 12.1 Å². The molecule has 1 amide bonds. The molecule has 0 heterocycles. The lowest BCUT2D eigenvalue weighted by Gasteiger charge is -2.13. The van der Waals surface area contributed by atoms with Gasteiger partial charge in [-0.05, 0) is 0 Å². The van der Waals surface area contributed by atoms with Crippen LogP contribution in [0.15, 0.2) is 17.0 Å². The van der Waals surface area contributed by atoms with Gasteiger partial charge in [-0.15, -0.1) is 0 Å². The lowest BCUT2D eigenvalue weighted by molar-refractivity contribution is -0.385. The maximum absolute atomic E-state index is 13.8. The zero-order valence-corrected chi connectivity index (χ0v) is 12.4. The minimum absolute atomic E-state index is 0.473. The van der Waals surface area contributed by atoms with Crippen LogP contribution in [0.1, 0.15) is 0 Å². The lowest BCUT2D eigenvalue weighted by Crippen LogP contribution is -2.28. The monoisotopic (exact) mass is 340 g/mol. The largest absolute Gasteiger partial charge is 0.479 e. The SMILES string of the molecule is CN(C)C(=O)COc1c(F)cc([N+](=O)[O-])cc1S(=O)(=O)Cl. The van der Waals surface area contributed by atoms with Crippen molar-refractivity contribution in [2.45, 2.75) is 4.90 Å². The number of nitro groups is 1. The van der Waals surface area contributed by atoms with Gasteiger partial charge in [-0.1, -0.05) is 0 Å². The number of carbonyl (C=O) groups is 1. The van der Waals surface area contributed by atoms with E-state index in [-0.39, 0.29) is 0 Å². The first kappa shape index (κ1) is 17.1. The van der Waals surface area contributed by atoms with Crippen LogP contribution in [0.3, 0.4) is 0 Å². The Balaban J connectivity index is 3.31. The molecule has 116 valence electrons. The van der Waals surface area contributed by atoms with Crippen molar-refractivity contribution in [2.75, 3.05) is 20.7 Å². The number of rotatable bonds is 5. The highest BCUT2D eigenvalue weighted by Crippen LogP contribution is 2.33. The summed E-state index contributed by atoms with van der Waals surface area (Å²) in [4.78, 5) is 21.2. The summed E-state index contributed by atoms with van der Waals surface area (Å²) in [7, 11) is 3.42. The van der Waals surface area contributed by atoms with Gasteiger partial charge in [-0.3, -0.25) is 14.9 Å². The standard InChI is InChI=1S/C10H10ClFN2O6S/c1-13(2)9(15)5-20-10-7(12)3-6(14(16)17)4-8(10)21(11,18)19/h3-4H,5H2,1-2H3. The number of ether oxygens (including phenoxy) is 1. The summed E-state index contributed by atoms with van der Waals surface area (Å²) in [6.07, 6.45) is 0. The summed E-state index contributed by atoms with van der Waals surface area (Å²) >= 11 is 0. The van der Waals surface area contributed by atoms with Crippen molar-refractivity contribution in [1.82, 2.24) is 4.90 Å². The normalized spacial score (nSPS) is 11.0. The highest BCUT2D eigenvalue weighted by Gasteiger charge is 2.26. The maximum atomic E-state index is 13.8. The maximum Gasteiger partial charge on any atom is 0.273 e. The number of hydrogen-bond acceptors (Lipinski definition) is 6. The third-order valence-electron chi connectivity index (χ3n) is 2.31. The summed E-state index contributed by atoms with van der Waals surface area (Å²) in [5.41, 5.74) is -0.807. The molecule has 0 radical (unpaired) electrons. The summed E-state index contributed by atoms with van der Waals surface area (Å²) < 4.78 is 41.3. The van der Waals surface area contributed by atoms with E-state index >= 15 is 0 Å². The molecule has 0 unspecified atom stereocenters. The van der Waals surface area contributed by atoms with Crippen molar-refractivity contribution >= 4 is 31.3 Å². The molecule has 0 aliphatic carbocycles. The summed E-state index contributed by atoms with van der Waals surface area (Å²) in [5.74, 6) is -2.72.